The maximum atomic E-state index is 12.8. The number of ketones is 1. The predicted octanol–water partition coefficient (Wildman–Crippen LogP) is 2.79. The lowest BCUT2D eigenvalue weighted by Gasteiger charge is -2.06. The Hall–Kier alpha value is -1.42. The molecular formula is C11H11ClFNO2. The molecule has 5 heteroatoms. The molecule has 0 unspecified atom stereocenters. The molecule has 1 amide bonds. The van der Waals surface area contributed by atoms with Gasteiger partial charge in [-0.25, -0.2) is 4.39 Å². The number of anilines is 1. The number of hydrogen-bond donors (Lipinski definition) is 1. The Balaban J connectivity index is 2.62. The smallest absolute Gasteiger partial charge is 0.224 e. The summed E-state index contributed by atoms with van der Waals surface area (Å²) in [5.41, 5.74) is 0.218. The summed E-state index contributed by atoms with van der Waals surface area (Å²) in [7, 11) is 0. The number of rotatable bonds is 4. The maximum Gasteiger partial charge on any atom is 0.224 e. The molecule has 1 aromatic rings. The Morgan fingerprint density at radius 3 is 2.69 bits per heavy atom. The van der Waals surface area contributed by atoms with Gasteiger partial charge in [0.1, 0.15) is 11.6 Å². The lowest BCUT2D eigenvalue weighted by atomic mass is 10.2. The van der Waals surface area contributed by atoms with Crippen LogP contribution in [0.25, 0.3) is 0 Å². The SMILES string of the molecule is CC(=O)CCC(=O)Nc1cc(F)ccc1Cl. The molecular weight excluding hydrogens is 233 g/mol. The number of Topliss-reactive ketones (excluding diaryl/α,β-unsaturated/α-hetero) is 1. The van der Waals surface area contributed by atoms with Gasteiger partial charge in [0.15, 0.2) is 0 Å². The van der Waals surface area contributed by atoms with Gasteiger partial charge in [-0.3, -0.25) is 4.79 Å². The molecule has 0 heterocycles. The van der Waals surface area contributed by atoms with E-state index in [4.69, 9.17) is 11.6 Å². The van der Waals surface area contributed by atoms with Crippen LogP contribution in [0.15, 0.2) is 18.2 Å². The van der Waals surface area contributed by atoms with Crippen molar-refractivity contribution in [2.24, 2.45) is 0 Å². The zero-order chi connectivity index (χ0) is 12.1. The largest absolute Gasteiger partial charge is 0.325 e. The van der Waals surface area contributed by atoms with Gasteiger partial charge in [-0.15, -0.1) is 0 Å². The van der Waals surface area contributed by atoms with E-state index in [1.807, 2.05) is 0 Å². The monoisotopic (exact) mass is 243 g/mol. The molecule has 1 N–H and O–H groups in total. The van der Waals surface area contributed by atoms with E-state index in [1.165, 1.54) is 19.1 Å². The zero-order valence-electron chi connectivity index (χ0n) is 8.72. The third kappa shape index (κ3) is 3.98. The minimum absolute atomic E-state index is 0.0690. The molecule has 86 valence electrons. The molecule has 0 spiro atoms. The summed E-state index contributed by atoms with van der Waals surface area (Å²) in [5, 5.41) is 2.70. The van der Waals surface area contributed by atoms with Crippen LogP contribution in [0.1, 0.15) is 19.8 Å². The van der Waals surface area contributed by atoms with Crippen LogP contribution in [-0.4, -0.2) is 11.7 Å². The average Bonchev–Trinajstić information content (AvgIpc) is 2.20. The fourth-order valence-electron chi connectivity index (χ4n) is 1.10. The predicted molar refractivity (Wildman–Crippen MR) is 60.0 cm³/mol. The van der Waals surface area contributed by atoms with Gasteiger partial charge in [0.2, 0.25) is 5.91 Å². The Labute approximate surface area is 97.6 Å². The molecule has 0 aliphatic heterocycles. The Morgan fingerprint density at radius 1 is 1.38 bits per heavy atom. The minimum atomic E-state index is -0.480. The summed E-state index contributed by atoms with van der Waals surface area (Å²) in [6.07, 6.45) is 0.237. The molecule has 3 nitrogen and oxygen atoms in total. The summed E-state index contributed by atoms with van der Waals surface area (Å²) in [5.74, 6) is -0.908. The van der Waals surface area contributed by atoms with Gasteiger partial charge in [-0.1, -0.05) is 11.6 Å². The molecule has 0 saturated carbocycles. The lowest BCUT2D eigenvalue weighted by Crippen LogP contribution is -2.13. The summed E-state index contributed by atoms with van der Waals surface area (Å²) < 4.78 is 12.8. The number of hydrogen-bond acceptors (Lipinski definition) is 2. The van der Waals surface area contributed by atoms with Crippen LogP contribution < -0.4 is 5.32 Å². The van der Waals surface area contributed by atoms with Crippen molar-refractivity contribution in [3.8, 4) is 0 Å². The van der Waals surface area contributed by atoms with Gasteiger partial charge >= 0.3 is 0 Å². The van der Waals surface area contributed by atoms with E-state index in [9.17, 15) is 14.0 Å². The molecule has 16 heavy (non-hydrogen) atoms. The molecule has 1 aromatic carbocycles. The van der Waals surface area contributed by atoms with Gasteiger partial charge in [-0.05, 0) is 25.1 Å². The highest BCUT2D eigenvalue weighted by Gasteiger charge is 2.07. The van der Waals surface area contributed by atoms with E-state index in [-0.39, 0.29) is 35.2 Å². The Bertz CT molecular complexity index is 420. The average molecular weight is 244 g/mol. The van der Waals surface area contributed by atoms with Crippen molar-refractivity contribution < 1.29 is 14.0 Å². The first-order chi connectivity index (χ1) is 7.49. The number of nitrogens with one attached hydrogen (secondary N) is 1. The second-order valence-corrected chi connectivity index (χ2v) is 3.78. The van der Waals surface area contributed by atoms with Gasteiger partial charge in [0.05, 0.1) is 10.7 Å². The lowest BCUT2D eigenvalue weighted by molar-refractivity contribution is -0.121. The van der Waals surface area contributed by atoms with E-state index >= 15 is 0 Å². The molecule has 0 aliphatic rings. The molecule has 0 atom stereocenters. The van der Waals surface area contributed by atoms with Crippen LogP contribution in [-0.2, 0) is 9.59 Å². The summed E-state index contributed by atoms with van der Waals surface area (Å²) >= 11 is 5.75. The van der Waals surface area contributed by atoms with Gasteiger partial charge in [0, 0.05) is 12.8 Å². The first kappa shape index (κ1) is 12.6. The van der Waals surface area contributed by atoms with Crippen LogP contribution >= 0.6 is 11.6 Å². The van der Waals surface area contributed by atoms with E-state index in [1.54, 1.807) is 0 Å². The Kier molecular flexibility index (Phi) is 4.43. The van der Waals surface area contributed by atoms with E-state index in [0.29, 0.717) is 0 Å². The van der Waals surface area contributed by atoms with E-state index in [0.717, 1.165) is 6.07 Å². The first-order valence-corrected chi connectivity index (χ1v) is 5.11. The number of amides is 1. The van der Waals surface area contributed by atoms with Crippen LogP contribution in [0.4, 0.5) is 10.1 Å². The highest BCUT2D eigenvalue weighted by molar-refractivity contribution is 6.33. The normalized spacial score (nSPS) is 9.94. The molecule has 0 fully saturated rings. The van der Waals surface area contributed by atoms with Crippen molar-refractivity contribution >= 4 is 29.0 Å². The summed E-state index contributed by atoms with van der Waals surface area (Å²) in [6.45, 7) is 1.41. The Morgan fingerprint density at radius 2 is 2.06 bits per heavy atom. The van der Waals surface area contributed by atoms with Gasteiger partial charge in [-0.2, -0.15) is 0 Å². The quantitative estimate of drug-likeness (QED) is 0.884. The standard InChI is InChI=1S/C11H11ClFNO2/c1-7(15)2-5-11(16)14-10-6-8(13)3-4-9(10)12/h3-4,6H,2,5H2,1H3,(H,14,16). The van der Waals surface area contributed by atoms with Crippen LogP contribution in [0, 0.1) is 5.82 Å². The summed E-state index contributed by atoms with van der Waals surface area (Å²) in [4.78, 5) is 22.0. The molecule has 0 radical (unpaired) electrons. The van der Waals surface area contributed by atoms with Crippen molar-refractivity contribution in [2.75, 3.05) is 5.32 Å². The van der Waals surface area contributed by atoms with Crippen LogP contribution in [0.3, 0.4) is 0 Å². The second-order valence-electron chi connectivity index (χ2n) is 3.37. The number of carbonyl (C=O) groups is 2. The fraction of sp³-hybridized carbons (Fsp3) is 0.273. The number of benzene rings is 1. The van der Waals surface area contributed by atoms with Crippen molar-refractivity contribution in [2.45, 2.75) is 19.8 Å². The van der Waals surface area contributed by atoms with Crippen molar-refractivity contribution in [1.82, 2.24) is 0 Å². The van der Waals surface area contributed by atoms with Crippen LogP contribution in [0.2, 0.25) is 5.02 Å². The third-order valence-electron chi connectivity index (χ3n) is 1.91. The number of halogens is 2. The molecule has 1 rings (SSSR count). The zero-order valence-corrected chi connectivity index (χ0v) is 9.47. The minimum Gasteiger partial charge on any atom is -0.325 e. The van der Waals surface area contributed by atoms with Crippen molar-refractivity contribution in [3.63, 3.8) is 0 Å². The molecule has 0 saturated heterocycles. The molecule has 0 bridgehead atoms. The maximum absolute atomic E-state index is 12.8. The highest BCUT2D eigenvalue weighted by Crippen LogP contribution is 2.22. The van der Waals surface area contributed by atoms with Crippen molar-refractivity contribution in [1.29, 1.82) is 0 Å². The topological polar surface area (TPSA) is 46.2 Å². The molecule has 0 aromatic heterocycles. The first-order valence-electron chi connectivity index (χ1n) is 4.73. The van der Waals surface area contributed by atoms with E-state index in [2.05, 4.69) is 5.32 Å². The fourth-order valence-corrected chi connectivity index (χ4v) is 1.26. The van der Waals surface area contributed by atoms with Crippen LogP contribution in [0.5, 0.6) is 0 Å². The van der Waals surface area contributed by atoms with Gasteiger partial charge in [0.25, 0.3) is 0 Å². The second kappa shape index (κ2) is 5.61. The highest BCUT2D eigenvalue weighted by atomic mass is 35.5. The molecule has 0 aliphatic carbocycles. The van der Waals surface area contributed by atoms with Crippen molar-refractivity contribution in [3.05, 3.63) is 29.0 Å². The third-order valence-corrected chi connectivity index (χ3v) is 2.24. The van der Waals surface area contributed by atoms with E-state index < -0.39 is 5.82 Å². The van der Waals surface area contributed by atoms with Gasteiger partial charge < -0.3 is 10.1 Å². The number of carbonyl (C=O) groups excluding carboxylic acids is 2. The summed E-state index contributed by atoms with van der Waals surface area (Å²) in [6, 6.07) is 3.69.